The van der Waals surface area contributed by atoms with Gasteiger partial charge in [0.15, 0.2) is 0 Å². The second-order valence-corrected chi connectivity index (χ2v) is 6.16. The van der Waals surface area contributed by atoms with Crippen molar-refractivity contribution in [1.82, 2.24) is 0 Å². The molecule has 0 heterocycles. The summed E-state index contributed by atoms with van der Waals surface area (Å²) >= 11 is 0. The number of unbranched alkanes of at least 4 members (excludes halogenated alkanes) is 6. The highest BCUT2D eigenvalue weighted by Crippen LogP contribution is 2.22. The van der Waals surface area contributed by atoms with E-state index < -0.39 is 0 Å². The summed E-state index contributed by atoms with van der Waals surface area (Å²) in [4.78, 5) is 0. The molecule has 0 saturated carbocycles. The zero-order valence-electron chi connectivity index (χ0n) is 13.0. The van der Waals surface area contributed by atoms with Gasteiger partial charge in [0.25, 0.3) is 0 Å². The Labute approximate surface area is 120 Å². The molecule has 19 heavy (non-hydrogen) atoms. The van der Waals surface area contributed by atoms with Gasteiger partial charge in [0, 0.05) is 0 Å². The maximum absolute atomic E-state index is 10.3. The van der Waals surface area contributed by atoms with E-state index in [4.69, 9.17) is 0 Å². The van der Waals surface area contributed by atoms with Crippen molar-refractivity contribution in [3.8, 4) is 0 Å². The molecule has 0 fully saturated rings. The van der Waals surface area contributed by atoms with Crippen LogP contribution in [0.5, 0.6) is 0 Å². The molecule has 1 aliphatic carbocycles. The van der Waals surface area contributed by atoms with E-state index in [-0.39, 0.29) is 6.10 Å². The second kappa shape index (κ2) is 11.5. The normalized spacial score (nSPS) is 18.5. The lowest BCUT2D eigenvalue weighted by atomic mass is 9.93. The third-order valence-corrected chi connectivity index (χ3v) is 4.34. The number of hydrogen-bond acceptors (Lipinski definition) is 1. The number of aliphatic hydroxyl groups is 1. The predicted octanol–water partition coefficient (Wildman–Crippen LogP) is 5.77. The first-order valence-electron chi connectivity index (χ1n) is 8.71. The molecule has 0 amide bonds. The Balaban J connectivity index is 2.07. The second-order valence-electron chi connectivity index (χ2n) is 6.16. The van der Waals surface area contributed by atoms with Gasteiger partial charge in [0.05, 0.1) is 6.10 Å². The van der Waals surface area contributed by atoms with Gasteiger partial charge >= 0.3 is 0 Å². The first-order chi connectivity index (χ1) is 9.34. The summed E-state index contributed by atoms with van der Waals surface area (Å²) < 4.78 is 0. The summed E-state index contributed by atoms with van der Waals surface area (Å²) in [6.45, 7) is 2.26. The van der Waals surface area contributed by atoms with Crippen LogP contribution in [0.15, 0.2) is 11.6 Å². The summed E-state index contributed by atoms with van der Waals surface area (Å²) in [7, 11) is 0. The van der Waals surface area contributed by atoms with Crippen LogP contribution in [0, 0.1) is 0 Å². The molecule has 0 saturated heterocycles. The monoisotopic (exact) mass is 266 g/mol. The van der Waals surface area contributed by atoms with Crippen molar-refractivity contribution in [1.29, 1.82) is 0 Å². The molecule has 112 valence electrons. The lowest BCUT2D eigenvalue weighted by molar-refractivity contribution is 0.190. The average molecular weight is 266 g/mol. The van der Waals surface area contributed by atoms with E-state index in [9.17, 15) is 5.11 Å². The van der Waals surface area contributed by atoms with Crippen molar-refractivity contribution >= 4 is 0 Å². The van der Waals surface area contributed by atoms with E-state index in [2.05, 4.69) is 13.0 Å². The highest BCUT2D eigenvalue weighted by molar-refractivity contribution is 5.08. The van der Waals surface area contributed by atoms with Crippen molar-refractivity contribution in [3.63, 3.8) is 0 Å². The van der Waals surface area contributed by atoms with E-state index in [0.29, 0.717) is 0 Å². The molecule has 0 radical (unpaired) electrons. The fourth-order valence-electron chi connectivity index (χ4n) is 3.00. The third-order valence-electron chi connectivity index (χ3n) is 4.34. The van der Waals surface area contributed by atoms with Gasteiger partial charge in [-0.15, -0.1) is 0 Å². The van der Waals surface area contributed by atoms with Crippen LogP contribution in [-0.2, 0) is 0 Å². The molecule has 0 aromatic rings. The van der Waals surface area contributed by atoms with Crippen molar-refractivity contribution < 1.29 is 5.11 Å². The van der Waals surface area contributed by atoms with Crippen LogP contribution in [0.25, 0.3) is 0 Å². The van der Waals surface area contributed by atoms with Crippen molar-refractivity contribution in [2.75, 3.05) is 0 Å². The summed E-state index contributed by atoms with van der Waals surface area (Å²) in [6.07, 6.45) is 20.1. The summed E-state index contributed by atoms with van der Waals surface area (Å²) in [5.41, 5.74) is 1.34. The van der Waals surface area contributed by atoms with Gasteiger partial charge < -0.3 is 5.11 Å². The van der Waals surface area contributed by atoms with Crippen molar-refractivity contribution in [2.45, 2.75) is 103 Å². The lowest BCUT2D eigenvalue weighted by Crippen LogP contribution is -2.11. The molecule has 1 N–H and O–H groups in total. The Kier molecular flexibility index (Phi) is 10.2. The highest BCUT2D eigenvalue weighted by Gasteiger charge is 2.11. The van der Waals surface area contributed by atoms with E-state index in [1.165, 1.54) is 82.6 Å². The molecule has 1 rings (SSSR count). The Morgan fingerprint density at radius 3 is 2.42 bits per heavy atom. The van der Waals surface area contributed by atoms with Crippen LogP contribution in [0.1, 0.15) is 96.8 Å². The minimum Gasteiger partial charge on any atom is -0.389 e. The van der Waals surface area contributed by atoms with Gasteiger partial charge in [-0.2, -0.15) is 0 Å². The number of allylic oxidation sites excluding steroid dienone is 1. The molecule has 1 unspecified atom stereocenters. The SMILES string of the molecule is CCCCCCCCCC(O)C1=CCCCCCC1. The molecule has 0 spiro atoms. The van der Waals surface area contributed by atoms with Crippen LogP contribution in [0.3, 0.4) is 0 Å². The van der Waals surface area contributed by atoms with E-state index in [0.717, 1.165) is 12.8 Å². The van der Waals surface area contributed by atoms with E-state index >= 15 is 0 Å². The molecular formula is C18H34O. The summed E-state index contributed by atoms with van der Waals surface area (Å²) in [5.74, 6) is 0. The van der Waals surface area contributed by atoms with Gasteiger partial charge in [-0.3, -0.25) is 0 Å². The Morgan fingerprint density at radius 2 is 1.63 bits per heavy atom. The number of rotatable bonds is 9. The first-order valence-corrected chi connectivity index (χ1v) is 8.71. The summed E-state index contributed by atoms with van der Waals surface area (Å²) in [6, 6.07) is 0. The molecular weight excluding hydrogens is 232 g/mol. The number of hydrogen-bond donors (Lipinski definition) is 1. The number of aliphatic hydroxyl groups excluding tert-OH is 1. The molecule has 1 heteroatoms. The maximum Gasteiger partial charge on any atom is 0.0750 e. The van der Waals surface area contributed by atoms with Gasteiger partial charge in [-0.05, 0) is 37.7 Å². The minimum absolute atomic E-state index is 0.145. The van der Waals surface area contributed by atoms with Crippen LogP contribution >= 0.6 is 0 Å². The maximum atomic E-state index is 10.3. The first kappa shape index (κ1) is 16.8. The Morgan fingerprint density at radius 1 is 0.947 bits per heavy atom. The standard InChI is InChI=1S/C18H34O/c1-2-3-4-5-6-10-13-16-18(19)17-14-11-8-7-9-12-15-17/h14,18-19H,2-13,15-16H2,1H3. The fraction of sp³-hybridized carbons (Fsp3) is 0.889. The molecule has 1 atom stereocenters. The van der Waals surface area contributed by atoms with Crippen LogP contribution in [0.2, 0.25) is 0 Å². The largest absolute Gasteiger partial charge is 0.389 e. The third kappa shape index (κ3) is 8.47. The molecule has 1 aliphatic rings. The van der Waals surface area contributed by atoms with Crippen LogP contribution in [0.4, 0.5) is 0 Å². The molecule has 0 aromatic heterocycles. The quantitative estimate of drug-likeness (QED) is 0.415. The van der Waals surface area contributed by atoms with Gasteiger partial charge in [-0.25, -0.2) is 0 Å². The Bertz CT molecular complexity index is 232. The minimum atomic E-state index is -0.145. The van der Waals surface area contributed by atoms with Crippen LogP contribution < -0.4 is 0 Å². The highest BCUT2D eigenvalue weighted by atomic mass is 16.3. The van der Waals surface area contributed by atoms with Crippen molar-refractivity contribution in [2.24, 2.45) is 0 Å². The van der Waals surface area contributed by atoms with Gasteiger partial charge in [0.2, 0.25) is 0 Å². The van der Waals surface area contributed by atoms with Gasteiger partial charge in [0.1, 0.15) is 0 Å². The smallest absolute Gasteiger partial charge is 0.0750 e. The van der Waals surface area contributed by atoms with Gasteiger partial charge in [-0.1, -0.05) is 70.8 Å². The zero-order chi connectivity index (χ0) is 13.8. The van der Waals surface area contributed by atoms with E-state index in [1.54, 1.807) is 0 Å². The zero-order valence-corrected chi connectivity index (χ0v) is 13.0. The summed E-state index contributed by atoms with van der Waals surface area (Å²) in [5, 5.41) is 10.3. The van der Waals surface area contributed by atoms with Crippen molar-refractivity contribution in [3.05, 3.63) is 11.6 Å². The fourth-order valence-corrected chi connectivity index (χ4v) is 3.00. The topological polar surface area (TPSA) is 20.2 Å². The predicted molar refractivity (Wildman–Crippen MR) is 84.4 cm³/mol. The molecule has 0 bridgehead atoms. The molecule has 0 aliphatic heterocycles. The molecule has 1 nitrogen and oxygen atoms in total. The van der Waals surface area contributed by atoms with E-state index in [1.807, 2.05) is 0 Å². The molecule has 0 aromatic carbocycles. The average Bonchev–Trinajstić information content (AvgIpc) is 2.37. The lowest BCUT2D eigenvalue weighted by Gasteiger charge is -2.17. The van der Waals surface area contributed by atoms with Crippen LogP contribution in [-0.4, -0.2) is 11.2 Å². The Hall–Kier alpha value is -0.300.